The molecule has 4 saturated heterocycles. The topological polar surface area (TPSA) is 54.0 Å². The van der Waals surface area contributed by atoms with E-state index in [1.165, 1.54) is 0 Å². The molecular weight excluding hydrogens is 256 g/mol. The van der Waals surface area contributed by atoms with Crippen LogP contribution in [0.25, 0.3) is 0 Å². The second-order valence-electron chi connectivity index (χ2n) is 5.94. The van der Waals surface area contributed by atoms with Gasteiger partial charge in [-0.1, -0.05) is 18.2 Å². The predicted molar refractivity (Wildman–Crippen MR) is 72.9 cm³/mol. The van der Waals surface area contributed by atoms with Crippen molar-refractivity contribution >= 4 is 0 Å². The minimum atomic E-state index is -0.580. The summed E-state index contributed by atoms with van der Waals surface area (Å²) in [7, 11) is 1.73. The van der Waals surface area contributed by atoms with Crippen LogP contribution in [0.4, 0.5) is 0 Å². The summed E-state index contributed by atoms with van der Waals surface area (Å²) in [6, 6.07) is 7.52. The standard InChI is InChI=1S/C15H20N2O3/c1-19-15-10-6-8-17(9-7-10)14(15)13(16-20-15)11-4-2-3-5-12(11)18/h2-5,10,13-14,16,18H,6-9H2,1H3/t13-,14-,15-/m0/s1. The van der Waals surface area contributed by atoms with E-state index >= 15 is 0 Å². The van der Waals surface area contributed by atoms with Gasteiger partial charge >= 0.3 is 0 Å². The normalized spacial score (nSPS) is 42.6. The van der Waals surface area contributed by atoms with Crippen LogP contribution in [0.1, 0.15) is 24.4 Å². The van der Waals surface area contributed by atoms with E-state index in [1.54, 1.807) is 13.2 Å². The zero-order valence-corrected chi connectivity index (χ0v) is 11.6. The maximum absolute atomic E-state index is 10.1. The maximum Gasteiger partial charge on any atom is 0.207 e. The number of piperidine rings is 3. The number of phenols is 1. The van der Waals surface area contributed by atoms with Crippen molar-refractivity contribution in [2.45, 2.75) is 30.7 Å². The molecule has 4 aliphatic heterocycles. The van der Waals surface area contributed by atoms with E-state index in [2.05, 4.69) is 10.4 Å². The maximum atomic E-state index is 10.1. The Morgan fingerprint density at radius 1 is 1.35 bits per heavy atom. The number of ether oxygens (including phenoxy) is 1. The third-order valence-corrected chi connectivity index (χ3v) is 5.16. The van der Waals surface area contributed by atoms with Gasteiger partial charge in [-0.3, -0.25) is 9.74 Å². The van der Waals surface area contributed by atoms with Crippen LogP contribution < -0.4 is 5.48 Å². The number of phenolic OH excluding ortho intramolecular Hbond substituents is 1. The van der Waals surface area contributed by atoms with Crippen LogP contribution in [-0.4, -0.2) is 42.0 Å². The van der Waals surface area contributed by atoms with Gasteiger partial charge in [-0.25, -0.2) is 0 Å². The highest BCUT2D eigenvalue weighted by molar-refractivity contribution is 5.37. The fourth-order valence-corrected chi connectivity index (χ4v) is 4.20. The molecule has 0 aromatic heterocycles. The summed E-state index contributed by atoms with van der Waals surface area (Å²) in [6.45, 7) is 2.16. The number of rotatable bonds is 2. The molecule has 5 heteroatoms. The van der Waals surface area contributed by atoms with Gasteiger partial charge in [-0.2, -0.15) is 5.48 Å². The Hall–Kier alpha value is -1.14. The number of nitrogens with zero attached hydrogens (tertiary/aromatic N) is 1. The molecule has 1 aromatic carbocycles. The first-order chi connectivity index (χ1) is 9.76. The fourth-order valence-electron chi connectivity index (χ4n) is 4.20. The number of hydrogen-bond acceptors (Lipinski definition) is 5. The van der Waals surface area contributed by atoms with Gasteiger partial charge in [0.2, 0.25) is 5.79 Å². The van der Waals surface area contributed by atoms with Crippen molar-refractivity contribution < 1.29 is 14.7 Å². The van der Waals surface area contributed by atoms with E-state index in [0.29, 0.717) is 11.7 Å². The number of methoxy groups -OCH3 is 1. The summed E-state index contributed by atoms with van der Waals surface area (Å²) in [5.74, 6) is 0.151. The Kier molecular flexibility index (Phi) is 2.79. The largest absolute Gasteiger partial charge is 0.508 e. The molecule has 2 bridgehead atoms. The first kappa shape index (κ1) is 12.6. The zero-order valence-electron chi connectivity index (χ0n) is 11.6. The van der Waals surface area contributed by atoms with E-state index in [-0.39, 0.29) is 12.1 Å². The van der Waals surface area contributed by atoms with Crippen molar-refractivity contribution in [3.8, 4) is 5.75 Å². The van der Waals surface area contributed by atoms with Crippen LogP contribution in [0.15, 0.2) is 24.3 Å². The van der Waals surface area contributed by atoms with Crippen LogP contribution in [-0.2, 0) is 9.57 Å². The van der Waals surface area contributed by atoms with Crippen LogP contribution >= 0.6 is 0 Å². The molecule has 4 fully saturated rings. The molecule has 3 atom stereocenters. The van der Waals surface area contributed by atoms with E-state index in [0.717, 1.165) is 31.5 Å². The van der Waals surface area contributed by atoms with E-state index in [4.69, 9.17) is 9.57 Å². The number of nitrogens with one attached hydrogen (secondary N) is 1. The second kappa shape index (κ2) is 4.43. The molecular formula is C15H20N2O3. The van der Waals surface area contributed by atoms with Crippen molar-refractivity contribution in [2.75, 3.05) is 20.2 Å². The summed E-state index contributed by atoms with van der Waals surface area (Å²) in [5, 5.41) is 10.1. The average molecular weight is 276 g/mol. The molecule has 0 spiro atoms. The van der Waals surface area contributed by atoms with E-state index in [1.807, 2.05) is 18.2 Å². The van der Waals surface area contributed by atoms with Gasteiger partial charge in [0, 0.05) is 18.6 Å². The molecule has 0 aliphatic carbocycles. The monoisotopic (exact) mass is 276 g/mol. The van der Waals surface area contributed by atoms with Crippen LogP contribution in [0, 0.1) is 5.92 Å². The molecule has 4 aliphatic rings. The summed E-state index contributed by atoms with van der Waals surface area (Å²) in [4.78, 5) is 8.36. The quantitative estimate of drug-likeness (QED) is 0.855. The van der Waals surface area contributed by atoms with Crippen molar-refractivity contribution in [3.63, 3.8) is 0 Å². The first-order valence-electron chi connectivity index (χ1n) is 7.27. The molecule has 5 nitrogen and oxygen atoms in total. The summed E-state index contributed by atoms with van der Waals surface area (Å²) < 4.78 is 5.82. The summed E-state index contributed by atoms with van der Waals surface area (Å²) in [5.41, 5.74) is 4.00. The average Bonchev–Trinajstić information content (AvgIpc) is 2.92. The highest BCUT2D eigenvalue weighted by Gasteiger charge is 2.63. The zero-order chi connectivity index (χ0) is 13.7. The van der Waals surface area contributed by atoms with Crippen molar-refractivity contribution in [1.29, 1.82) is 0 Å². The number of hydrogen-bond donors (Lipinski definition) is 2. The van der Waals surface area contributed by atoms with Crippen molar-refractivity contribution in [2.24, 2.45) is 5.92 Å². The SMILES string of the molecule is CO[C@@]12ON[C@@H](c3ccccc3O)[C@@H]1N1CCC2CC1. The third-order valence-electron chi connectivity index (χ3n) is 5.16. The van der Waals surface area contributed by atoms with Gasteiger partial charge in [0.15, 0.2) is 0 Å². The Morgan fingerprint density at radius 2 is 2.10 bits per heavy atom. The Labute approximate surface area is 118 Å². The van der Waals surface area contributed by atoms with Crippen molar-refractivity contribution in [3.05, 3.63) is 29.8 Å². The lowest BCUT2D eigenvalue weighted by molar-refractivity contribution is -0.298. The lowest BCUT2D eigenvalue weighted by Gasteiger charge is -2.53. The lowest BCUT2D eigenvalue weighted by atomic mass is 9.74. The molecule has 108 valence electrons. The first-order valence-corrected chi connectivity index (χ1v) is 7.27. The minimum Gasteiger partial charge on any atom is -0.508 e. The smallest absolute Gasteiger partial charge is 0.207 e. The van der Waals surface area contributed by atoms with Gasteiger partial charge in [0.05, 0.1) is 12.1 Å². The molecule has 0 saturated carbocycles. The van der Waals surface area contributed by atoms with E-state index in [9.17, 15) is 5.11 Å². The number of para-hydroxylation sites is 1. The molecule has 20 heavy (non-hydrogen) atoms. The van der Waals surface area contributed by atoms with Gasteiger partial charge in [-0.15, -0.1) is 0 Å². The lowest BCUT2D eigenvalue weighted by Crippen LogP contribution is -2.65. The fraction of sp³-hybridized carbons (Fsp3) is 0.600. The Balaban J connectivity index is 1.76. The minimum absolute atomic E-state index is 0.0563. The number of benzene rings is 1. The second-order valence-corrected chi connectivity index (χ2v) is 5.94. The highest BCUT2D eigenvalue weighted by Crippen LogP contribution is 2.51. The van der Waals surface area contributed by atoms with Gasteiger partial charge in [-0.05, 0) is 32.0 Å². The molecule has 1 aromatic rings. The highest BCUT2D eigenvalue weighted by atomic mass is 16.8. The van der Waals surface area contributed by atoms with Gasteiger partial charge in [0.1, 0.15) is 5.75 Å². The Bertz CT molecular complexity index is 516. The molecule has 0 amide bonds. The van der Waals surface area contributed by atoms with Crippen LogP contribution in [0.5, 0.6) is 5.75 Å². The number of hydroxylamine groups is 1. The van der Waals surface area contributed by atoms with Crippen molar-refractivity contribution in [1.82, 2.24) is 10.4 Å². The van der Waals surface area contributed by atoms with Gasteiger partial charge in [0.25, 0.3) is 0 Å². The summed E-state index contributed by atoms with van der Waals surface area (Å²) >= 11 is 0. The molecule has 4 heterocycles. The Morgan fingerprint density at radius 3 is 2.80 bits per heavy atom. The number of fused-ring (bicyclic) bond motifs is 2. The summed E-state index contributed by atoms with van der Waals surface area (Å²) in [6.07, 6.45) is 2.22. The number of aromatic hydroxyl groups is 1. The predicted octanol–water partition coefficient (Wildman–Crippen LogP) is 1.41. The van der Waals surface area contributed by atoms with Crippen LogP contribution in [0.3, 0.4) is 0 Å². The van der Waals surface area contributed by atoms with E-state index < -0.39 is 5.79 Å². The molecule has 2 N–H and O–H groups in total. The molecule has 5 rings (SSSR count). The molecule has 0 radical (unpaired) electrons. The van der Waals surface area contributed by atoms with Crippen LogP contribution in [0.2, 0.25) is 0 Å². The third kappa shape index (κ3) is 1.52. The molecule has 0 unspecified atom stereocenters. The van der Waals surface area contributed by atoms with Gasteiger partial charge < -0.3 is 9.84 Å².